The maximum atomic E-state index is 13.1. The van der Waals surface area contributed by atoms with Gasteiger partial charge in [-0.05, 0) is 49.2 Å². The molecule has 0 aliphatic carbocycles. The molecule has 0 bridgehead atoms. The summed E-state index contributed by atoms with van der Waals surface area (Å²) in [6.45, 7) is 1.83. The van der Waals surface area contributed by atoms with Crippen molar-refractivity contribution in [2.75, 3.05) is 13.1 Å². The number of amides is 1. The third kappa shape index (κ3) is 4.58. The van der Waals surface area contributed by atoms with Crippen molar-refractivity contribution in [3.8, 4) is 0 Å². The minimum absolute atomic E-state index is 0.00391. The van der Waals surface area contributed by atoms with Gasteiger partial charge in [-0.2, -0.15) is 0 Å². The highest BCUT2D eigenvalue weighted by Crippen LogP contribution is 2.35. The average Bonchev–Trinajstić information content (AvgIpc) is 2.63. The Kier molecular flexibility index (Phi) is 5.88. The normalized spacial score (nSPS) is 18.8. The van der Waals surface area contributed by atoms with E-state index in [1.54, 1.807) is 12.1 Å². The first-order chi connectivity index (χ1) is 11.7. The molecule has 0 aromatic heterocycles. The first kappa shape index (κ1) is 17.0. The fourth-order valence-corrected chi connectivity index (χ4v) is 3.84. The predicted molar refractivity (Wildman–Crippen MR) is 95.5 cm³/mol. The SMILES string of the molecule is O=C(N[C@H]1CCCNC1)C(Sc1ccc(F)cc1)c1ccccc1. The van der Waals surface area contributed by atoms with Gasteiger partial charge in [0.15, 0.2) is 0 Å². The summed E-state index contributed by atoms with van der Waals surface area (Å²) in [5, 5.41) is 6.12. The van der Waals surface area contributed by atoms with Gasteiger partial charge in [-0.1, -0.05) is 30.3 Å². The zero-order chi connectivity index (χ0) is 16.8. The molecule has 24 heavy (non-hydrogen) atoms. The van der Waals surface area contributed by atoms with Crippen molar-refractivity contribution in [3.05, 3.63) is 66.0 Å². The minimum atomic E-state index is -0.349. The largest absolute Gasteiger partial charge is 0.351 e. The lowest BCUT2D eigenvalue weighted by molar-refractivity contribution is -0.121. The van der Waals surface area contributed by atoms with E-state index in [1.165, 1.54) is 23.9 Å². The predicted octanol–water partition coefficient (Wildman–Crippen LogP) is 3.53. The molecule has 0 radical (unpaired) electrons. The maximum Gasteiger partial charge on any atom is 0.238 e. The molecule has 3 nitrogen and oxygen atoms in total. The van der Waals surface area contributed by atoms with Gasteiger partial charge in [-0.3, -0.25) is 4.79 Å². The van der Waals surface area contributed by atoms with E-state index in [4.69, 9.17) is 0 Å². The van der Waals surface area contributed by atoms with Crippen molar-refractivity contribution in [1.82, 2.24) is 10.6 Å². The number of hydrogen-bond donors (Lipinski definition) is 2. The second-order valence-corrected chi connectivity index (χ2v) is 7.09. The third-order valence-corrected chi connectivity index (χ3v) is 5.32. The molecule has 2 N–H and O–H groups in total. The maximum absolute atomic E-state index is 13.1. The van der Waals surface area contributed by atoms with Crippen LogP contribution in [0.5, 0.6) is 0 Å². The molecule has 1 heterocycles. The summed E-state index contributed by atoms with van der Waals surface area (Å²) in [5.41, 5.74) is 0.952. The van der Waals surface area contributed by atoms with Gasteiger partial charge in [0.25, 0.3) is 0 Å². The number of halogens is 1. The molecule has 1 aliphatic heterocycles. The second-order valence-electron chi connectivity index (χ2n) is 5.91. The van der Waals surface area contributed by atoms with E-state index in [0.717, 1.165) is 36.4 Å². The number of thioether (sulfide) groups is 1. The Bertz CT molecular complexity index is 657. The van der Waals surface area contributed by atoms with Crippen molar-refractivity contribution in [2.45, 2.75) is 29.0 Å². The van der Waals surface area contributed by atoms with Crippen LogP contribution in [0, 0.1) is 5.82 Å². The Labute approximate surface area is 146 Å². The summed E-state index contributed by atoms with van der Waals surface area (Å²) in [5.74, 6) is -0.266. The van der Waals surface area contributed by atoms with Crippen molar-refractivity contribution < 1.29 is 9.18 Å². The number of piperidine rings is 1. The lowest BCUT2D eigenvalue weighted by Crippen LogP contribution is -2.46. The highest BCUT2D eigenvalue weighted by molar-refractivity contribution is 8.00. The fraction of sp³-hybridized carbons (Fsp3) is 0.316. The van der Waals surface area contributed by atoms with Gasteiger partial charge < -0.3 is 10.6 Å². The zero-order valence-corrected chi connectivity index (χ0v) is 14.2. The average molecular weight is 344 g/mol. The Morgan fingerprint density at radius 2 is 1.92 bits per heavy atom. The van der Waals surface area contributed by atoms with Gasteiger partial charge in [0.1, 0.15) is 11.1 Å². The number of carbonyl (C=O) groups is 1. The Morgan fingerprint density at radius 1 is 1.17 bits per heavy atom. The van der Waals surface area contributed by atoms with Crippen LogP contribution in [0.2, 0.25) is 0 Å². The minimum Gasteiger partial charge on any atom is -0.351 e. The quantitative estimate of drug-likeness (QED) is 0.816. The van der Waals surface area contributed by atoms with Gasteiger partial charge in [0, 0.05) is 17.5 Å². The van der Waals surface area contributed by atoms with Gasteiger partial charge in [-0.25, -0.2) is 4.39 Å². The molecule has 5 heteroatoms. The van der Waals surface area contributed by atoms with E-state index in [0.29, 0.717) is 0 Å². The monoisotopic (exact) mass is 344 g/mol. The fourth-order valence-electron chi connectivity index (χ4n) is 2.80. The molecule has 1 fully saturated rings. The van der Waals surface area contributed by atoms with Crippen LogP contribution in [-0.2, 0) is 4.79 Å². The highest BCUT2D eigenvalue weighted by atomic mass is 32.2. The van der Waals surface area contributed by atoms with Gasteiger partial charge in [0.2, 0.25) is 5.91 Å². The van der Waals surface area contributed by atoms with Crippen molar-refractivity contribution in [1.29, 1.82) is 0 Å². The molecular formula is C19H21FN2OS. The lowest BCUT2D eigenvalue weighted by atomic mass is 10.1. The molecule has 0 saturated carbocycles. The standard InChI is InChI=1S/C19H21FN2OS/c20-15-8-10-17(11-9-15)24-18(14-5-2-1-3-6-14)19(23)22-16-7-4-12-21-13-16/h1-3,5-6,8-11,16,18,21H,4,7,12-13H2,(H,22,23)/t16-,18?/m0/s1. The van der Waals surface area contributed by atoms with Crippen molar-refractivity contribution >= 4 is 17.7 Å². The molecule has 1 amide bonds. The first-order valence-corrected chi connectivity index (χ1v) is 9.08. The third-order valence-electron chi connectivity index (χ3n) is 4.05. The van der Waals surface area contributed by atoms with Gasteiger partial charge in [0.05, 0.1) is 0 Å². The van der Waals surface area contributed by atoms with E-state index >= 15 is 0 Å². The molecule has 126 valence electrons. The summed E-state index contributed by atoms with van der Waals surface area (Å²) < 4.78 is 13.1. The summed E-state index contributed by atoms with van der Waals surface area (Å²) in [6.07, 6.45) is 2.08. The molecule has 2 atom stereocenters. The van der Waals surface area contributed by atoms with Gasteiger partial charge >= 0.3 is 0 Å². The Balaban J connectivity index is 1.76. The number of benzene rings is 2. The van der Waals surface area contributed by atoms with E-state index in [9.17, 15) is 9.18 Å². The van der Waals surface area contributed by atoms with Gasteiger partial charge in [-0.15, -0.1) is 11.8 Å². The molecule has 1 aliphatic rings. The van der Waals surface area contributed by atoms with E-state index in [2.05, 4.69) is 10.6 Å². The summed E-state index contributed by atoms with van der Waals surface area (Å²) in [6, 6.07) is 16.2. The van der Waals surface area contributed by atoms with E-state index < -0.39 is 0 Å². The van der Waals surface area contributed by atoms with Crippen LogP contribution in [-0.4, -0.2) is 25.0 Å². The summed E-state index contributed by atoms with van der Waals surface area (Å²) >= 11 is 1.45. The zero-order valence-electron chi connectivity index (χ0n) is 13.4. The van der Waals surface area contributed by atoms with Crippen LogP contribution in [0.3, 0.4) is 0 Å². The summed E-state index contributed by atoms with van der Waals surface area (Å²) in [4.78, 5) is 13.7. The number of hydrogen-bond acceptors (Lipinski definition) is 3. The number of carbonyl (C=O) groups excluding carboxylic acids is 1. The van der Waals surface area contributed by atoms with Crippen molar-refractivity contribution in [2.24, 2.45) is 0 Å². The molecule has 0 spiro atoms. The topological polar surface area (TPSA) is 41.1 Å². The summed E-state index contributed by atoms with van der Waals surface area (Å²) in [7, 11) is 0. The van der Waals surface area contributed by atoms with Crippen LogP contribution in [0.4, 0.5) is 4.39 Å². The Hall–Kier alpha value is -1.85. The number of rotatable bonds is 5. The Morgan fingerprint density at radius 3 is 2.58 bits per heavy atom. The molecular weight excluding hydrogens is 323 g/mol. The lowest BCUT2D eigenvalue weighted by Gasteiger charge is -2.26. The van der Waals surface area contributed by atoms with Crippen LogP contribution < -0.4 is 10.6 Å². The molecule has 1 saturated heterocycles. The van der Waals surface area contributed by atoms with Crippen LogP contribution in [0.25, 0.3) is 0 Å². The number of nitrogens with one attached hydrogen (secondary N) is 2. The second kappa shape index (κ2) is 8.31. The van der Waals surface area contributed by atoms with Crippen LogP contribution in [0.15, 0.2) is 59.5 Å². The van der Waals surface area contributed by atoms with Crippen molar-refractivity contribution in [3.63, 3.8) is 0 Å². The van der Waals surface area contributed by atoms with Crippen LogP contribution >= 0.6 is 11.8 Å². The highest BCUT2D eigenvalue weighted by Gasteiger charge is 2.25. The smallest absolute Gasteiger partial charge is 0.238 e. The molecule has 2 aromatic carbocycles. The van der Waals surface area contributed by atoms with E-state index in [1.807, 2.05) is 30.3 Å². The molecule has 1 unspecified atom stereocenters. The van der Waals surface area contributed by atoms with Crippen LogP contribution in [0.1, 0.15) is 23.7 Å². The van der Waals surface area contributed by atoms with E-state index in [-0.39, 0.29) is 23.0 Å². The molecule has 2 aromatic rings. The first-order valence-electron chi connectivity index (χ1n) is 8.20. The molecule has 3 rings (SSSR count).